The highest BCUT2D eigenvalue weighted by Gasteiger charge is 2.12. The number of hydrogen-bond acceptors (Lipinski definition) is 5. The normalized spacial score (nSPS) is 9.33. The molecule has 0 aliphatic heterocycles. The van der Waals surface area contributed by atoms with Crippen LogP contribution in [0.5, 0.6) is 0 Å². The lowest BCUT2D eigenvalue weighted by atomic mass is 10.0. The minimum atomic E-state index is -0.0640. The van der Waals surface area contributed by atoms with E-state index >= 15 is 0 Å². The van der Waals surface area contributed by atoms with Crippen LogP contribution >= 0.6 is 11.6 Å². The number of halogens is 2. The van der Waals surface area contributed by atoms with Crippen molar-refractivity contribution in [2.24, 2.45) is 5.92 Å². The highest BCUT2D eigenvalue weighted by Crippen LogP contribution is 2.27. The molecule has 0 spiro atoms. The Kier molecular flexibility index (Phi) is 40.2. The molecule has 2 aromatic carbocycles. The van der Waals surface area contributed by atoms with Crippen LogP contribution in [-0.4, -0.2) is 45.3 Å². The average Bonchev–Trinajstić information content (AvgIpc) is 3.08. The minimum Gasteiger partial charge on any atom is -0.385 e. The summed E-state index contributed by atoms with van der Waals surface area (Å²) in [5, 5.41) is 3.36. The minimum absolute atomic E-state index is 0.0564. The highest BCUT2D eigenvalue weighted by molar-refractivity contribution is 6.34. The lowest BCUT2D eigenvalue weighted by Crippen LogP contribution is -2.19. The van der Waals surface area contributed by atoms with E-state index in [1.165, 1.54) is 13.3 Å². The van der Waals surface area contributed by atoms with Gasteiger partial charge in [0.05, 0.1) is 16.4 Å². The molecule has 0 aliphatic carbocycles. The number of nitrogens with zero attached hydrogens (tertiary/aromatic N) is 1. The van der Waals surface area contributed by atoms with E-state index < -0.39 is 0 Å². The summed E-state index contributed by atoms with van der Waals surface area (Å²) in [6.45, 7) is 23.0. The Labute approximate surface area is 299 Å². The Morgan fingerprint density at radius 3 is 1.96 bits per heavy atom. The summed E-state index contributed by atoms with van der Waals surface area (Å²) in [6.07, 6.45) is 8.26. The van der Waals surface area contributed by atoms with Crippen LogP contribution in [0.2, 0.25) is 5.02 Å². The Morgan fingerprint density at radius 2 is 1.46 bits per heavy atom. The van der Waals surface area contributed by atoms with E-state index in [1.54, 1.807) is 20.1 Å². The monoisotopic (exact) mass is 697 g/mol. The number of ketones is 1. The maximum atomic E-state index is 14.3. The van der Waals surface area contributed by atoms with Crippen molar-refractivity contribution in [2.75, 3.05) is 37.5 Å². The summed E-state index contributed by atoms with van der Waals surface area (Å²) < 4.78 is 19.3. The molecule has 0 saturated carbocycles. The van der Waals surface area contributed by atoms with Crippen LogP contribution in [0.3, 0.4) is 0 Å². The SMILES string of the molecule is CC.CC.CC=O.CCC.CCC(=O)Nc1cccc(CCCC(=O)C(C)C)c1Cl.CCCN(C)c1cccc(CCCCOC)c1F. The standard InChI is InChI=1S/C16H22ClNO2.C15H24FNO.C3H8.C2H4O.2C2H6/c1-4-15(20)18-13-9-5-7-12(16(13)17)8-6-10-14(19)11(2)3;1-4-11-17(2)14-10-7-9-13(15(14)16)8-5-6-12-18-3;1-3-2;1-2-3;2*1-2/h5,7,9,11H,4,6,8,10H2,1-3H3,(H,18,20);7,9-10H,4-6,8,11-12H2,1-3H3;3H2,1-2H3;2H,1H3;2*1-2H3. The van der Waals surface area contributed by atoms with Gasteiger partial charge in [-0.15, -0.1) is 0 Å². The maximum absolute atomic E-state index is 14.3. The van der Waals surface area contributed by atoms with Crippen LogP contribution in [0.15, 0.2) is 36.4 Å². The quantitative estimate of drug-likeness (QED) is 0.148. The second-order valence-electron chi connectivity index (χ2n) is 10.7. The predicted octanol–water partition coefficient (Wildman–Crippen LogP) is 11.6. The summed E-state index contributed by atoms with van der Waals surface area (Å²) in [5.41, 5.74) is 3.14. The summed E-state index contributed by atoms with van der Waals surface area (Å²) >= 11 is 6.29. The molecule has 2 aromatic rings. The van der Waals surface area contributed by atoms with Gasteiger partial charge in [0, 0.05) is 46.1 Å². The number of anilines is 2. The van der Waals surface area contributed by atoms with Crippen molar-refractivity contribution in [3.8, 4) is 0 Å². The first-order chi connectivity index (χ1) is 23.0. The third-order valence-electron chi connectivity index (χ3n) is 6.26. The van der Waals surface area contributed by atoms with E-state index in [9.17, 15) is 14.0 Å². The lowest BCUT2D eigenvalue weighted by Gasteiger charge is -2.20. The molecule has 6 nitrogen and oxygen atoms in total. The molecule has 0 aromatic heterocycles. The van der Waals surface area contributed by atoms with Gasteiger partial charge in [-0.25, -0.2) is 4.39 Å². The fraction of sp³-hybridized carbons (Fsp3) is 0.625. The zero-order chi connectivity index (χ0) is 37.9. The van der Waals surface area contributed by atoms with Gasteiger partial charge in [-0.2, -0.15) is 0 Å². The van der Waals surface area contributed by atoms with E-state index in [-0.39, 0.29) is 23.4 Å². The fourth-order valence-corrected chi connectivity index (χ4v) is 4.19. The first-order valence-electron chi connectivity index (χ1n) is 18.0. The largest absolute Gasteiger partial charge is 0.385 e. The number of nitrogens with one attached hydrogen (secondary N) is 1. The molecule has 278 valence electrons. The molecule has 0 aliphatic rings. The van der Waals surface area contributed by atoms with Gasteiger partial charge in [-0.3, -0.25) is 9.59 Å². The molecule has 0 saturated heterocycles. The van der Waals surface area contributed by atoms with Crippen LogP contribution in [0, 0.1) is 11.7 Å². The van der Waals surface area contributed by atoms with Gasteiger partial charge in [0.25, 0.3) is 0 Å². The van der Waals surface area contributed by atoms with E-state index in [4.69, 9.17) is 21.1 Å². The van der Waals surface area contributed by atoms with Gasteiger partial charge in [0.1, 0.15) is 17.9 Å². The third-order valence-corrected chi connectivity index (χ3v) is 6.71. The molecule has 0 bridgehead atoms. The van der Waals surface area contributed by atoms with E-state index in [0.29, 0.717) is 29.2 Å². The van der Waals surface area contributed by atoms with Crippen LogP contribution in [-0.2, 0) is 32.0 Å². The molecule has 8 heteroatoms. The topological polar surface area (TPSA) is 75.7 Å². The number of aryl methyl sites for hydroxylation is 2. The number of hydrogen-bond donors (Lipinski definition) is 1. The molecular weight excluding hydrogens is 627 g/mol. The predicted molar refractivity (Wildman–Crippen MR) is 208 cm³/mol. The number of benzene rings is 2. The second-order valence-corrected chi connectivity index (χ2v) is 11.1. The van der Waals surface area contributed by atoms with Crippen molar-refractivity contribution in [1.29, 1.82) is 0 Å². The molecule has 48 heavy (non-hydrogen) atoms. The smallest absolute Gasteiger partial charge is 0.224 e. The highest BCUT2D eigenvalue weighted by atomic mass is 35.5. The van der Waals surface area contributed by atoms with Gasteiger partial charge in [0.15, 0.2) is 0 Å². The number of carbonyl (C=O) groups excluding carboxylic acids is 3. The number of carbonyl (C=O) groups is 3. The van der Waals surface area contributed by atoms with Crippen molar-refractivity contribution in [3.63, 3.8) is 0 Å². The summed E-state index contributed by atoms with van der Waals surface area (Å²) in [6, 6.07) is 11.3. The molecular formula is C40H70ClFN2O4. The average molecular weight is 697 g/mol. The maximum Gasteiger partial charge on any atom is 0.224 e. The van der Waals surface area contributed by atoms with Crippen molar-refractivity contribution in [1.82, 2.24) is 0 Å². The summed E-state index contributed by atoms with van der Waals surface area (Å²) in [4.78, 5) is 33.8. The van der Waals surface area contributed by atoms with E-state index in [0.717, 1.165) is 69.1 Å². The number of methoxy groups -OCH3 is 1. The fourth-order valence-electron chi connectivity index (χ4n) is 3.92. The first-order valence-corrected chi connectivity index (χ1v) is 18.3. The third kappa shape index (κ3) is 26.2. The molecule has 2 rings (SSSR count). The number of aldehydes is 1. The number of ether oxygens (including phenoxy) is 1. The van der Waals surface area contributed by atoms with Crippen LogP contribution in [0.25, 0.3) is 0 Å². The number of amides is 1. The summed E-state index contributed by atoms with van der Waals surface area (Å²) in [7, 11) is 3.64. The lowest BCUT2D eigenvalue weighted by molar-refractivity contribution is -0.122. The van der Waals surface area contributed by atoms with E-state index in [1.807, 2.05) is 83.8 Å². The van der Waals surface area contributed by atoms with Gasteiger partial charge in [-0.05, 0) is 68.7 Å². The van der Waals surface area contributed by atoms with Gasteiger partial charge < -0.3 is 19.7 Å². The Hall–Kier alpha value is -2.77. The summed E-state index contributed by atoms with van der Waals surface area (Å²) in [5.74, 6) is 0.238. The van der Waals surface area contributed by atoms with Crippen molar-refractivity contribution < 1.29 is 23.5 Å². The van der Waals surface area contributed by atoms with E-state index in [2.05, 4.69) is 26.1 Å². The molecule has 0 heterocycles. The number of Topliss-reactive ketones (excluding diaryl/α,β-unsaturated/α-hetero) is 1. The van der Waals surface area contributed by atoms with Gasteiger partial charge in [-0.1, -0.05) is 112 Å². The molecule has 1 amide bonds. The van der Waals surface area contributed by atoms with Gasteiger partial charge in [0.2, 0.25) is 5.91 Å². The van der Waals surface area contributed by atoms with Crippen molar-refractivity contribution >= 4 is 41.0 Å². The van der Waals surface area contributed by atoms with Crippen LogP contribution in [0.1, 0.15) is 132 Å². The molecule has 1 N–H and O–H groups in total. The van der Waals surface area contributed by atoms with Crippen molar-refractivity contribution in [2.45, 2.75) is 134 Å². The molecule has 0 atom stereocenters. The Morgan fingerprint density at radius 1 is 0.938 bits per heavy atom. The molecule has 0 fully saturated rings. The molecule has 0 unspecified atom stereocenters. The van der Waals surface area contributed by atoms with Gasteiger partial charge >= 0.3 is 0 Å². The zero-order valence-corrected chi connectivity index (χ0v) is 33.5. The van der Waals surface area contributed by atoms with Crippen molar-refractivity contribution in [3.05, 3.63) is 58.4 Å². The molecule has 0 radical (unpaired) electrons. The number of unbranched alkanes of at least 4 members (excludes halogenated alkanes) is 1. The first kappa shape index (κ1) is 52.1. The zero-order valence-electron chi connectivity index (χ0n) is 32.7. The Balaban J connectivity index is -0.000000318. The van der Waals surface area contributed by atoms with Crippen LogP contribution in [0.4, 0.5) is 15.8 Å². The second kappa shape index (κ2) is 37.1. The Bertz CT molecular complexity index is 1060. The van der Waals surface area contributed by atoms with Crippen LogP contribution < -0.4 is 10.2 Å². The number of rotatable bonds is 15.